The van der Waals surface area contributed by atoms with Crippen molar-refractivity contribution in [2.24, 2.45) is 0 Å². The first-order valence-corrected chi connectivity index (χ1v) is 7.37. The normalized spacial score (nSPS) is 11.6. The molecule has 6 heteroatoms. The van der Waals surface area contributed by atoms with Gasteiger partial charge in [0.1, 0.15) is 5.75 Å². The van der Waals surface area contributed by atoms with Gasteiger partial charge in [0, 0.05) is 5.56 Å². The third-order valence-electron chi connectivity index (χ3n) is 4.07. The maximum atomic E-state index is 6.03. The molecular weight excluding hydrogens is 266 g/mol. The zero-order valence-electron chi connectivity index (χ0n) is 13.1. The number of tetrazole rings is 1. The molecule has 6 nitrogen and oxygen atoms in total. The van der Waals surface area contributed by atoms with Crippen molar-refractivity contribution in [1.29, 1.82) is 0 Å². The molecule has 0 saturated carbocycles. The Hall–Kier alpha value is -2.11. The standard InChI is InChI=1S/C15H23N5O/c1-5-15(4,6-2)20-14(17-18-19-20)11-8-9-13(21-7-3)12(16)10-11/h8-10H,5-7,16H2,1-4H3. The first-order valence-electron chi connectivity index (χ1n) is 7.37. The molecule has 0 spiro atoms. The molecule has 2 N–H and O–H groups in total. The van der Waals surface area contributed by atoms with Crippen LogP contribution < -0.4 is 10.5 Å². The predicted molar refractivity (Wildman–Crippen MR) is 83.1 cm³/mol. The maximum Gasteiger partial charge on any atom is 0.182 e. The lowest BCUT2D eigenvalue weighted by Crippen LogP contribution is -2.30. The van der Waals surface area contributed by atoms with E-state index in [1.54, 1.807) is 0 Å². The van der Waals surface area contributed by atoms with Gasteiger partial charge in [0.15, 0.2) is 5.82 Å². The summed E-state index contributed by atoms with van der Waals surface area (Å²) >= 11 is 0. The fourth-order valence-electron chi connectivity index (χ4n) is 2.25. The van der Waals surface area contributed by atoms with Gasteiger partial charge in [-0.3, -0.25) is 0 Å². The summed E-state index contributed by atoms with van der Waals surface area (Å²) in [6.45, 7) is 8.96. The maximum absolute atomic E-state index is 6.03. The van der Waals surface area contributed by atoms with E-state index in [9.17, 15) is 0 Å². The molecule has 0 radical (unpaired) electrons. The molecule has 21 heavy (non-hydrogen) atoms. The molecule has 0 saturated heterocycles. The van der Waals surface area contributed by atoms with Crippen LogP contribution in [0.2, 0.25) is 0 Å². The van der Waals surface area contributed by atoms with Crippen molar-refractivity contribution in [2.75, 3.05) is 12.3 Å². The summed E-state index contributed by atoms with van der Waals surface area (Å²) in [6, 6.07) is 5.66. The number of nitrogen functional groups attached to an aromatic ring is 1. The van der Waals surface area contributed by atoms with Gasteiger partial charge >= 0.3 is 0 Å². The summed E-state index contributed by atoms with van der Waals surface area (Å²) in [6.07, 6.45) is 1.90. The molecule has 0 aliphatic carbocycles. The third kappa shape index (κ3) is 2.84. The first-order chi connectivity index (χ1) is 10.1. The number of benzene rings is 1. The topological polar surface area (TPSA) is 78.9 Å². The Morgan fingerprint density at radius 1 is 1.24 bits per heavy atom. The Kier molecular flexibility index (Phi) is 4.45. The summed E-state index contributed by atoms with van der Waals surface area (Å²) < 4.78 is 7.36. The molecular formula is C15H23N5O. The van der Waals surface area contributed by atoms with E-state index in [0.29, 0.717) is 18.0 Å². The number of hydrogen-bond acceptors (Lipinski definition) is 5. The monoisotopic (exact) mass is 289 g/mol. The minimum Gasteiger partial charge on any atom is -0.492 e. The second kappa shape index (κ2) is 6.11. The van der Waals surface area contributed by atoms with E-state index in [2.05, 4.69) is 36.3 Å². The highest BCUT2D eigenvalue weighted by atomic mass is 16.5. The van der Waals surface area contributed by atoms with Crippen molar-refractivity contribution in [3.63, 3.8) is 0 Å². The van der Waals surface area contributed by atoms with E-state index in [4.69, 9.17) is 10.5 Å². The van der Waals surface area contributed by atoms with Gasteiger partial charge in [-0.1, -0.05) is 13.8 Å². The second-order valence-corrected chi connectivity index (χ2v) is 5.30. The summed E-state index contributed by atoms with van der Waals surface area (Å²) in [5.74, 6) is 1.42. The Labute approximate surface area is 125 Å². The Morgan fingerprint density at radius 2 is 1.95 bits per heavy atom. The molecule has 1 aromatic carbocycles. The fraction of sp³-hybridized carbons (Fsp3) is 0.533. The lowest BCUT2D eigenvalue weighted by atomic mass is 9.95. The van der Waals surface area contributed by atoms with Crippen LogP contribution in [-0.4, -0.2) is 26.8 Å². The number of nitrogens with zero attached hydrogens (tertiary/aromatic N) is 4. The van der Waals surface area contributed by atoms with Crippen molar-refractivity contribution < 1.29 is 4.74 Å². The minimum atomic E-state index is -0.105. The molecule has 2 rings (SSSR count). The van der Waals surface area contributed by atoms with Crippen molar-refractivity contribution >= 4 is 5.69 Å². The van der Waals surface area contributed by atoms with E-state index in [-0.39, 0.29) is 5.54 Å². The molecule has 0 aliphatic rings. The van der Waals surface area contributed by atoms with E-state index >= 15 is 0 Å². The molecule has 0 amide bonds. The average Bonchev–Trinajstić information content (AvgIpc) is 2.99. The molecule has 0 atom stereocenters. The van der Waals surface area contributed by atoms with E-state index < -0.39 is 0 Å². The summed E-state index contributed by atoms with van der Waals surface area (Å²) in [7, 11) is 0. The first kappa shape index (κ1) is 15.3. The van der Waals surface area contributed by atoms with Crippen molar-refractivity contribution in [2.45, 2.75) is 46.1 Å². The summed E-state index contributed by atoms with van der Waals surface area (Å²) in [4.78, 5) is 0. The zero-order valence-corrected chi connectivity index (χ0v) is 13.1. The van der Waals surface area contributed by atoms with E-state index in [1.165, 1.54) is 0 Å². The highest BCUT2D eigenvalue weighted by Gasteiger charge is 2.27. The summed E-state index contributed by atoms with van der Waals surface area (Å²) in [5, 5.41) is 12.2. The predicted octanol–water partition coefficient (Wildman–Crippen LogP) is 2.86. The molecule has 1 heterocycles. The van der Waals surface area contributed by atoms with Crippen LogP contribution in [0.15, 0.2) is 18.2 Å². The smallest absolute Gasteiger partial charge is 0.182 e. The number of nitrogens with two attached hydrogens (primary N) is 1. The van der Waals surface area contributed by atoms with Crippen LogP contribution in [0.3, 0.4) is 0 Å². The number of anilines is 1. The van der Waals surface area contributed by atoms with Crippen LogP contribution in [0.1, 0.15) is 40.5 Å². The summed E-state index contributed by atoms with van der Waals surface area (Å²) in [5.41, 5.74) is 7.42. The average molecular weight is 289 g/mol. The number of rotatable bonds is 6. The van der Waals surface area contributed by atoms with Gasteiger partial charge < -0.3 is 10.5 Å². The number of hydrogen-bond donors (Lipinski definition) is 1. The van der Waals surface area contributed by atoms with E-state index in [0.717, 1.165) is 24.2 Å². The van der Waals surface area contributed by atoms with Crippen LogP contribution in [-0.2, 0) is 5.54 Å². The zero-order chi connectivity index (χ0) is 15.5. The molecule has 2 aromatic rings. The molecule has 0 aliphatic heterocycles. The Morgan fingerprint density at radius 3 is 2.52 bits per heavy atom. The quantitative estimate of drug-likeness (QED) is 0.827. The van der Waals surface area contributed by atoms with Crippen LogP contribution in [0.4, 0.5) is 5.69 Å². The number of ether oxygens (including phenoxy) is 1. The van der Waals surface area contributed by atoms with Gasteiger partial charge in [0.2, 0.25) is 0 Å². The third-order valence-corrected chi connectivity index (χ3v) is 4.07. The molecule has 0 unspecified atom stereocenters. The van der Waals surface area contributed by atoms with Gasteiger partial charge in [0.05, 0.1) is 17.8 Å². The fourth-order valence-corrected chi connectivity index (χ4v) is 2.25. The van der Waals surface area contributed by atoms with Gasteiger partial charge in [-0.15, -0.1) is 5.10 Å². The van der Waals surface area contributed by atoms with Gasteiger partial charge in [-0.25, -0.2) is 4.68 Å². The Bertz CT molecular complexity index is 604. The van der Waals surface area contributed by atoms with Crippen molar-refractivity contribution in [1.82, 2.24) is 20.2 Å². The number of aromatic nitrogens is 4. The van der Waals surface area contributed by atoms with Crippen molar-refractivity contribution in [3.8, 4) is 17.1 Å². The second-order valence-electron chi connectivity index (χ2n) is 5.30. The van der Waals surface area contributed by atoms with Crippen molar-refractivity contribution in [3.05, 3.63) is 18.2 Å². The SMILES string of the molecule is CCOc1ccc(-c2nnnn2C(C)(CC)CC)cc1N. The van der Waals surface area contributed by atoms with Crippen LogP contribution in [0.25, 0.3) is 11.4 Å². The van der Waals surface area contributed by atoms with Crippen LogP contribution in [0, 0.1) is 0 Å². The van der Waals surface area contributed by atoms with Gasteiger partial charge in [0.25, 0.3) is 0 Å². The Balaban J connectivity index is 2.44. The largest absolute Gasteiger partial charge is 0.492 e. The van der Waals surface area contributed by atoms with Gasteiger partial charge in [-0.2, -0.15) is 0 Å². The van der Waals surface area contributed by atoms with E-state index in [1.807, 2.05) is 29.8 Å². The van der Waals surface area contributed by atoms with Gasteiger partial charge in [-0.05, 0) is 55.3 Å². The minimum absolute atomic E-state index is 0.105. The lowest BCUT2D eigenvalue weighted by molar-refractivity contribution is 0.262. The molecule has 1 aromatic heterocycles. The van der Waals surface area contributed by atoms with Crippen LogP contribution >= 0.6 is 0 Å². The highest BCUT2D eigenvalue weighted by molar-refractivity contribution is 5.66. The molecule has 0 fully saturated rings. The molecule has 114 valence electrons. The lowest BCUT2D eigenvalue weighted by Gasteiger charge is -2.27. The van der Waals surface area contributed by atoms with Crippen LogP contribution in [0.5, 0.6) is 5.75 Å². The highest BCUT2D eigenvalue weighted by Crippen LogP contribution is 2.31. The molecule has 0 bridgehead atoms.